The lowest BCUT2D eigenvalue weighted by atomic mass is 9.78. The van der Waals surface area contributed by atoms with Crippen molar-refractivity contribution in [2.24, 2.45) is 0 Å². The van der Waals surface area contributed by atoms with Crippen LogP contribution in [0.4, 0.5) is 14.9 Å². The first-order valence-electron chi connectivity index (χ1n) is 12.2. The lowest BCUT2D eigenvalue weighted by Crippen LogP contribution is -2.71. The Morgan fingerprint density at radius 3 is 1.89 bits per heavy atom. The minimum absolute atomic E-state index is 0.143. The average Bonchev–Trinajstić information content (AvgIpc) is 2.78. The number of likely N-dealkylation sites (N-methyl/N-ethyl adjacent to an activating group) is 2. The van der Waals surface area contributed by atoms with Crippen molar-refractivity contribution in [1.82, 2.24) is 15.1 Å². The molecule has 9 heteroatoms. The molecular weight excluding hydrogens is 475 g/mol. The van der Waals surface area contributed by atoms with Crippen LogP contribution in [0.25, 0.3) is 0 Å². The van der Waals surface area contributed by atoms with Gasteiger partial charge in [-0.25, -0.2) is 9.18 Å². The highest BCUT2D eigenvalue weighted by Gasteiger charge is 2.47. The zero-order chi connectivity index (χ0) is 28.0. The van der Waals surface area contributed by atoms with Gasteiger partial charge in [0.1, 0.15) is 23.8 Å². The summed E-state index contributed by atoms with van der Waals surface area (Å²) in [7, 11) is 4.74. The molecule has 2 aromatic rings. The number of amides is 4. The van der Waals surface area contributed by atoms with Crippen LogP contribution in [0.3, 0.4) is 0 Å². The van der Waals surface area contributed by atoms with Crippen molar-refractivity contribution < 1.29 is 23.9 Å². The van der Waals surface area contributed by atoms with Gasteiger partial charge < -0.3 is 10.4 Å². The number of carbonyl (C=O) groups is 3. The lowest BCUT2D eigenvalue weighted by molar-refractivity contribution is -0.132. The number of carbonyl (C=O) groups excluding carboxylic acids is 3. The van der Waals surface area contributed by atoms with E-state index in [0.29, 0.717) is 22.4 Å². The first-order chi connectivity index (χ1) is 16.9. The largest absolute Gasteiger partial charge is 0.507 e. The molecule has 0 spiro atoms. The second-order valence-electron chi connectivity index (χ2n) is 11.8. The number of hydrogen-bond donors (Lipinski definition) is 2. The average molecular weight is 513 g/mol. The summed E-state index contributed by atoms with van der Waals surface area (Å²) >= 11 is 0. The molecule has 37 heavy (non-hydrogen) atoms. The highest BCUT2D eigenvalue weighted by Crippen LogP contribution is 2.40. The molecule has 3 rings (SSSR count). The van der Waals surface area contributed by atoms with E-state index < -0.39 is 46.7 Å². The summed E-state index contributed by atoms with van der Waals surface area (Å²) in [4.78, 5) is 44.1. The van der Waals surface area contributed by atoms with Crippen LogP contribution in [0.5, 0.6) is 5.75 Å². The fraction of sp³-hybridized carbons (Fsp3) is 0.464. The molecule has 2 N–H and O–H groups in total. The molecule has 0 bridgehead atoms. The van der Waals surface area contributed by atoms with Crippen molar-refractivity contribution in [3.63, 3.8) is 0 Å². The minimum atomic E-state index is -1.11. The van der Waals surface area contributed by atoms with E-state index >= 15 is 0 Å². The van der Waals surface area contributed by atoms with E-state index in [1.54, 1.807) is 31.1 Å². The molecule has 2 aromatic carbocycles. The number of hydrogen-bond acceptors (Lipinski definition) is 5. The summed E-state index contributed by atoms with van der Waals surface area (Å²) < 4.78 is 13.6. The Morgan fingerprint density at radius 1 is 0.973 bits per heavy atom. The molecule has 0 radical (unpaired) electrons. The maximum atomic E-state index is 13.6. The Balaban J connectivity index is 2.09. The van der Waals surface area contributed by atoms with Gasteiger partial charge in [-0.15, -0.1) is 0 Å². The van der Waals surface area contributed by atoms with Gasteiger partial charge in [-0.2, -0.15) is 0 Å². The molecule has 1 fully saturated rings. The number of urea groups is 1. The molecular formula is C28H37FN4O4. The summed E-state index contributed by atoms with van der Waals surface area (Å²) in [5, 5.41) is 13.9. The van der Waals surface area contributed by atoms with Crippen LogP contribution in [0.15, 0.2) is 36.4 Å². The number of aromatic hydroxyl groups is 1. The number of anilines is 1. The number of phenols is 1. The van der Waals surface area contributed by atoms with Gasteiger partial charge in [0.15, 0.2) is 0 Å². The molecule has 1 aliphatic rings. The zero-order valence-electron chi connectivity index (χ0n) is 23.0. The topological polar surface area (TPSA) is 93.2 Å². The van der Waals surface area contributed by atoms with E-state index in [9.17, 15) is 23.9 Å². The van der Waals surface area contributed by atoms with Crippen LogP contribution in [0.1, 0.15) is 63.0 Å². The molecule has 2 atom stereocenters. The van der Waals surface area contributed by atoms with E-state index in [1.807, 2.05) is 41.5 Å². The molecule has 1 saturated heterocycles. The number of nitrogens with one attached hydrogen (secondary N) is 1. The van der Waals surface area contributed by atoms with E-state index in [2.05, 4.69) is 5.32 Å². The van der Waals surface area contributed by atoms with E-state index in [0.717, 1.165) is 4.90 Å². The summed E-state index contributed by atoms with van der Waals surface area (Å²) in [6.45, 7) is 11.7. The molecule has 8 nitrogen and oxygen atoms in total. The van der Waals surface area contributed by atoms with Gasteiger partial charge in [-0.3, -0.25) is 24.3 Å². The van der Waals surface area contributed by atoms with Crippen LogP contribution >= 0.6 is 0 Å². The van der Waals surface area contributed by atoms with Crippen LogP contribution in [0, 0.1) is 5.82 Å². The number of rotatable bonds is 4. The van der Waals surface area contributed by atoms with Gasteiger partial charge in [0.2, 0.25) is 0 Å². The molecule has 2 unspecified atom stereocenters. The van der Waals surface area contributed by atoms with Crippen molar-refractivity contribution in [2.75, 3.05) is 26.0 Å². The predicted molar refractivity (Wildman–Crippen MR) is 141 cm³/mol. The summed E-state index contributed by atoms with van der Waals surface area (Å²) in [5.41, 5.74) is 1.02. The van der Waals surface area contributed by atoms with Gasteiger partial charge >= 0.3 is 6.03 Å². The van der Waals surface area contributed by atoms with Crippen molar-refractivity contribution in [2.45, 2.75) is 64.6 Å². The third-order valence-electron chi connectivity index (χ3n) is 6.56. The normalized spacial score (nSPS) is 19.0. The molecule has 0 aliphatic carbocycles. The SMILES string of the molecule is CN1C(=O)C(NC(=O)c2cc(C(C)(C)C)c(O)c(C(C)(C)C)c2)C(N(C)C)N(c2ccc(F)cc2)C1=O. The van der Waals surface area contributed by atoms with Crippen LogP contribution in [0.2, 0.25) is 0 Å². The van der Waals surface area contributed by atoms with Gasteiger partial charge in [-0.1, -0.05) is 41.5 Å². The second kappa shape index (κ2) is 9.78. The number of phenolic OH excluding ortho intramolecular Hbond substituents is 1. The second-order valence-corrected chi connectivity index (χ2v) is 11.8. The number of benzene rings is 2. The molecule has 0 aromatic heterocycles. The van der Waals surface area contributed by atoms with Crippen molar-refractivity contribution in [1.29, 1.82) is 0 Å². The van der Waals surface area contributed by atoms with Gasteiger partial charge in [0.25, 0.3) is 11.8 Å². The number of nitrogens with zero attached hydrogens (tertiary/aromatic N) is 3. The van der Waals surface area contributed by atoms with Crippen LogP contribution < -0.4 is 10.2 Å². The summed E-state index contributed by atoms with van der Waals surface area (Å²) in [5.74, 6) is -1.39. The summed E-state index contributed by atoms with van der Waals surface area (Å²) in [6, 6.07) is 6.97. The lowest BCUT2D eigenvalue weighted by Gasteiger charge is -2.46. The first-order valence-corrected chi connectivity index (χ1v) is 12.2. The van der Waals surface area contributed by atoms with E-state index in [4.69, 9.17) is 0 Å². The molecule has 0 saturated carbocycles. The van der Waals surface area contributed by atoms with Crippen LogP contribution in [-0.4, -0.2) is 66.1 Å². The Bertz CT molecular complexity index is 1180. The third kappa shape index (κ3) is 5.46. The highest BCUT2D eigenvalue weighted by molar-refractivity contribution is 6.10. The number of halogens is 1. The Labute approximate surface area is 218 Å². The quantitative estimate of drug-likeness (QED) is 0.640. The molecule has 1 heterocycles. The standard InChI is InChI=1S/C28H37FN4O4/c1-27(2,3)19-14-16(15-20(22(19)34)28(4,5)6)23(35)30-21-24(31(7)8)33(26(37)32(9)25(21)36)18-12-10-17(29)11-13-18/h10-15,21,24,34H,1-9H3,(H,30,35). The Kier molecular flexibility index (Phi) is 7.43. The zero-order valence-corrected chi connectivity index (χ0v) is 23.0. The van der Waals surface area contributed by atoms with Gasteiger partial charge in [0, 0.05) is 29.4 Å². The maximum Gasteiger partial charge on any atom is 0.332 e. The fourth-order valence-corrected chi connectivity index (χ4v) is 4.52. The first kappa shape index (κ1) is 28.1. The fourth-order valence-electron chi connectivity index (χ4n) is 4.52. The monoisotopic (exact) mass is 512 g/mol. The Hall–Kier alpha value is -3.46. The predicted octanol–water partition coefficient (Wildman–Crippen LogP) is 4.21. The van der Waals surface area contributed by atoms with E-state index in [-0.39, 0.29) is 5.75 Å². The maximum absolute atomic E-state index is 13.6. The number of imide groups is 1. The third-order valence-corrected chi connectivity index (χ3v) is 6.56. The molecule has 4 amide bonds. The highest BCUT2D eigenvalue weighted by atomic mass is 19.1. The molecule has 200 valence electrons. The van der Waals surface area contributed by atoms with E-state index in [1.165, 1.54) is 36.2 Å². The Morgan fingerprint density at radius 2 is 1.46 bits per heavy atom. The van der Waals surface area contributed by atoms with Gasteiger partial charge in [-0.05, 0) is 61.3 Å². The van der Waals surface area contributed by atoms with Crippen molar-refractivity contribution >= 4 is 23.5 Å². The van der Waals surface area contributed by atoms with Crippen LogP contribution in [-0.2, 0) is 15.6 Å². The minimum Gasteiger partial charge on any atom is -0.507 e. The van der Waals surface area contributed by atoms with Crippen molar-refractivity contribution in [3.05, 3.63) is 58.9 Å². The summed E-state index contributed by atoms with van der Waals surface area (Å²) in [6.07, 6.45) is -0.869. The van der Waals surface area contributed by atoms with Gasteiger partial charge in [0.05, 0.1) is 0 Å². The van der Waals surface area contributed by atoms with Crippen molar-refractivity contribution in [3.8, 4) is 5.75 Å². The smallest absolute Gasteiger partial charge is 0.332 e. The molecule has 1 aliphatic heterocycles.